The van der Waals surface area contributed by atoms with Crippen molar-refractivity contribution in [2.45, 2.75) is 17.7 Å². The average Bonchev–Trinajstić information content (AvgIpc) is 3.12. The quantitative estimate of drug-likeness (QED) is 0.790. The average molecular weight is 371 g/mol. The van der Waals surface area contributed by atoms with Gasteiger partial charge in [0.1, 0.15) is 5.82 Å². The van der Waals surface area contributed by atoms with Gasteiger partial charge in [0.2, 0.25) is 5.91 Å². The first-order valence-corrected chi connectivity index (χ1v) is 9.95. The fourth-order valence-electron chi connectivity index (χ4n) is 2.32. The summed E-state index contributed by atoms with van der Waals surface area (Å²) in [6.07, 6.45) is 0.427. The summed E-state index contributed by atoms with van der Waals surface area (Å²) in [4.78, 5) is 11.8. The van der Waals surface area contributed by atoms with Crippen LogP contribution in [0.4, 0.5) is 4.39 Å². The molecule has 1 aromatic carbocycles. The summed E-state index contributed by atoms with van der Waals surface area (Å²) in [5.41, 5.74) is 0.192. The van der Waals surface area contributed by atoms with Crippen molar-refractivity contribution in [1.82, 2.24) is 15.5 Å². The molecule has 3 rings (SSSR count). The van der Waals surface area contributed by atoms with Gasteiger partial charge in [-0.15, -0.1) is 10.2 Å². The highest BCUT2D eigenvalue weighted by atomic mass is 32.2. The molecule has 24 heavy (non-hydrogen) atoms. The zero-order valence-electron chi connectivity index (χ0n) is 12.4. The largest absolute Gasteiger partial charge is 0.411 e. The summed E-state index contributed by atoms with van der Waals surface area (Å²) in [7, 11) is -3.04. The number of nitrogens with one attached hydrogen (secondary N) is 1. The third-order valence-corrected chi connectivity index (χ3v) is 6.02. The first-order chi connectivity index (χ1) is 11.4. The smallest absolute Gasteiger partial charge is 0.277 e. The van der Waals surface area contributed by atoms with E-state index in [4.69, 9.17) is 4.42 Å². The number of nitrogens with zero attached hydrogens (tertiary/aromatic N) is 2. The van der Waals surface area contributed by atoms with Gasteiger partial charge in [-0.2, -0.15) is 0 Å². The molecule has 1 N–H and O–H groups in total. The molecule has 0 radical (unpaired) electrons. The lowest BCUT2D eigenvalue weighted by molar-refractivity contribution is -0.119. The van der Waals surface area contributed by atoms with Gasteiger partial charge in [0.05, 0.1) is 22.8 Å². The Hall–Kier alpha value is -1.94. The molecule has 1 aliphatic heterocycles. The number of aromatic nitrogens is 2. The van der Waals surface area contributed by atoms with Crippen LogP contribution in [0.3, 0.4) is 0 Å². The molecule has 128 valence electrons. The third-order valence-electron chi connectivity index (χ3n) is 3.44. The van der Waals surface area contributed by atoms with Crippen molar-refractivity contribution >= 4 is 27.5 Å². The van der Waals surface area contributed by atoms with Gasteiger partial charge < -0.3 is 9.73 Å². The SMILES string of the molecule is O=C(CSc1nnc(-c2ccccc2F)o1)NC1CCS(=O)(=O)C1. The summed E-state index contributed by atoms with van der Waals surface area (Å²) >= 11 is 1.01. The lowest BCUT2D eigenvalue weighted by Crippen LogP contribution is -2.36. The Kier molecular flexibility index (Phi) is 4.86. The molecule has 0 aliphatic carbocycles. The molecule has 2 heterocycles. The van der Waals surface area contributed by atoms with E-state index >= 15 is 0 Å². The monoisotopic (exact) mass is 371 g/mol. The summed E-state index contributed by atoms with van der Waals surface area (Å²) < 4.78 is 41.7. The van der Waals surface area contributed by atoms with Crippen molar-refractivity contribution in [3.05, 3.63) is 30.1 Å². The molecular weight excluding hydrogens is 357 g/mol. The van der Waals surface area contributed by atoms with Crippen LogP contribution in [-0.4, -0.2) is 47.8 Å². The Labute approximate surface area is 141 Å². The van der Waals surface area contributed by atoms with E-state index in [-0.39, 0.29) is 45.9 Å². The van der Waals surface area contributed by atoms with Crippen molar-refractivity contribution in [2.75, 3.05) is 17.3 Å². The van der Waals surface area contributed by atoms with Gasteiger partial charge in [0.25, 0.3) is 11.1 Å². The number of sulfone groups is 1. The molecule has 0 saturated carbocycles. The highest BCUT2D eigenvalue weighted by molar-refractivity contribution is 7.99. The van der Waals surface area contributed by atoms with E-state index in [1.807, 2.05) is 0 Å². The Bertz CT molecular complexity index is 853. The summed E-state index contributed by atoms with van der Waals surface area (Å²) in [6.45, 7) is 0. The van der Waals surface area contributed by atoms with Crippen molar-refractivity contribution in [3.63, 3.8) is 0 Å². The van der Waals surface area contributed by atoms with Gasteiger partial charge in [0, 0.05) is 6.04 Å². The number of hydrogen-bond donors (Lipinski definition) is 1. The van der Waals surface area contributed by atoms with Gasteiger partial charge in [-0.3, -0.25) is 4.79 Å². The highest BCUT2D eigenvalue weighted by Gasteiger charge is 2.28. The van der Waals surface area contributed by atoms with Gasteiger partial charge in [-0.05, 0) is 18.6 Å². The highest BCUT2D eigenvalue weighted by Crippen LogP contribution is 2.25. The van der Waals surface area contributed by atoms with E-state index in [1.54, 1.807) is 12.1 Å². The predicted octanol–water partition coefficient (Wildman–Crippen LogP) is 1.27. The second kappa shape index (κ2) is 6.89. The maximum Gasteiger partial charge on any atom is 0.277 e. The third kappa shape index (κ3) is 4.12. The van der Waals surface area contributed by atoms with Crippen LogP contribution in [-0.2, 0) is 14.6 Å². The van der Waals surface area contributed by atoms with Crippen molar-refractivity contribution in [1.29, 1.82) is 0 Å². The predicted molar refractivity (Wildman–Crippen MR) is 85.6 cm³/mol. The fourth-order valence-corrected chi connectivity index (χ4v) is 4.56. The van der Waals surface area contributed by atoms with E-state index in [9.17, 15) is 17.6 Å². The molecule has 1 fully saturated rings. The molecule has 0 spiro atoms. The standard InChI is InChI=1S/C14H14FN3O4S2/c15-11-4-2-1-3-10(11)13-17-18-14(22-13)23-7-12(19)16-9-5-6-24(20,21)8-9/h1-4,9H,5-8H2,(H,16,19). The van der Waals surface area contributed by atoms with E-state index in [0.717, 1.165) is 11.8 Å². The number of amides is 1. The van der Waals surface area contributed by atoms with Crippen LogP contribution in [0.1, 0.15) is 6.42 Å². The zero-order valence-corrected chi connectivity index (χ0v) is 14.1. The Balaban J connectivity index is 1.54. The number of rotatable bonds is 5. The molecule has 2 aromatic rings. The van der Waals surface area contributed by atoms with Gasteiger partial charge in [-0.25, -0.2) is 12.8 Å². The molecular formula is C14H14FN3O4S2. The van der Waals surface area contributed by atoms with Crippen molar-refractivity contribution in [3.8, 4) is 11.5 Å². The molecule has 7 nitrogen and oxygen atoms in total. The number of carbonyl (C=O) groups excluding carboxylic acids is 1. The molecule has 10 heteroatoms. The van der Waals surface area contributed by atoms with Crippen molar-refractivity contribution in [2.24, 2.45) is 0 Å². The number of thioether (sulfide) groups is 1. The minimum Gasteiger partial charge on any atom is -0.411 e. The van der Waals surface area contributed by atoms with Gasteiger partial charge in [0.15, 0.2) is 9.84 Å². The van der Waals surface area contributed by atoms with E-state index in [1.165, 1.54) is 12.1 Å². The van der Waals surface area contributed by atoms with Crippen LogP contribution in [0.5, 0.6) is 0 Å². The molecule has 1 aromatic heterocycles. The molecule has 1 saturated heterocycles. The first kappa shape index (κ1) is 16.9. The van der Waals surface area contributed by atoms with Crippen LogP contribution < -0.4 is 5.32 Å². The number of halogens is 1. The number of benzene rings is 1. The first-order valence-electron chi connectivity index (χ1n) is 7.14. The number of carbonyl (C=O) groups is 1. The van der Waals surface area contributed by atoms with E-state index in [2.05, 4.69) is 15.5 Å². The molecule has 1 aliphatic rings. The minimum absolute atomic E-state index is 0.00938. The topological polar surface area (TPSA) is 102 Å². The van der Waals surface area contributed by atoms with Gasteiger partial charge >= 0.3 is 0 Å². The summed E-state index contributed by atoms with van der Waals surface area (Å²) in [6, 6.07) is 5.66. The molecule has 1 atom stereocenters. The normalized spacial score (nSPS) is 19.3. The van der Waals surface area contributed by atoms with Crippen LogP contribution in [0, 0.1) is 5.82 Å². The van der Waals surface area contributed by atoms with Crippen LogP contribution in [0.15, 0.2) is 33.9 Å². The van der Waals surface area contributed by atoms with Crippen LogP contribution >= 0.6 is 11.8 Å². The summed E-state index contributed by atoms with van der Waals surface area (Å²) in [5.74, 6) is -0.666. The minimum atomic E-state index is -3.04. The molecule has 0 bridgehead atoms. The maximum atomic E-state index is 13.6. The molecule has 1 unspecified atom stereocenters. The number of hydrogen-bond acceptors (Lipinski definition) is 7. The Morgan fingerprint density at radius 3 is 2.88 bits per heavy atom. The molecule has 1 amide bonds. The lowest BCUT2D eigenvalue weighted by Gasteiger charge is -2.09. The summed E-state index contributed by atoms with van der Waals surface area (Å²) in [5, 5.41) is 10.3. The van der Waals surface area contributed by atoms with Crippen LogP contribution in [0.25, 0.3) is 11.5 Å². The second-order valence-electron chi connectivity index (χ2n) is 5.31. The van der Waals surface area contributed by atoms with E-state index in [0.29, 0.717) is 6.42 Å². The zero-order chi connectivity index (χ0) is 17.2. The van der Waals surface area contributed by atoms with Gasteiger partial charge in [-0.1, -0.05) is 23.9 Å². The Morgan fingerprint density at radius 1 is 1.38 bits per heavy atom. The van der Waals surface area contributed by atoms with Crippen molar-refractivity contribution < 1.29 is 22.0 Å². The Morgan fingerprint density at radius 2 is 2.17 bits per heavy atom. The van der Waals surface area contributed by atoms with Crippen LogP contribution in [0.2, 0.25) is 0 Å². The maximum absolute atomic E-state index is 13.6. The fraction of sp³-hybridized carbons (Fsp3) is 0.357. The second-order valence-corrected chi connectivity index (χ2v) is 8.46. The van der Waals surface area contributed by atoms with E-state index < -0.39 is 15.7 Å². The lowest BCUT2D eigenvalue weighted by atomic mass is 10.2.